The average Bonchev–Trinajstić information content (AvgIpc) is 2.71. The minimum absolute atomic E-state index is 0.0903. The standard InChI is InChI=1S/C13H13NO3/c1-2-3-12(15)8-4-5-10-9(6-8)7-11(14-10)13(16)17/h4-7,14H,2-3H2,1H3,(H,16,17). The summed E-state index contributed by atoms with van der Waals surface area (Å²) in [5, 5.41) is 9.60. The van der Waals surface area contributed by atoms with E-state index < -0.39 is 5.97 Å². The van der Waals surface area contributed by atoms with Crippen molar-refractivity contribution in [2.75, 3.05) is 0 Å². The molecule has 0 spiro atoms. The molecule has 0 fully saturated rings. The van der Waals surface area contributed by atoms with E-state index in [0.717, 1.165) is 17.3 Å². The number of benzene rings is 1. The van der Waals surface area contributed by atoms with Crippen molar-refractivity contribution in [3.8, 4) is 0 Å². The SMILES string of the molecule is CCCC(=O)c1ccc2[nH]c(C(=O)O)cc2c1. The van der Waals surface area contributed by atoms with Gasteiger partial charge in [-0.1, -0.05) is 6.92 Å². The molecule has 17 heavy (non-hydrogen) atoms. The molecule has 0 aliphatic rings. The molecule has 0 atom stereocenters. The Balaban J connectivity index is 2.43. The number of carboxylic acid groups (broad SMARTS) is 1. The monoisotopic (exact) mass is 231 g/mol. The first-order valence-electron chi connectivity index (χ1n) is 5.51. The molecule has 0 aliphatic heterocycles. The van der Waals surface area contributed by atoms with Crippen molar-refractivity contribution in [3.05, 3.63) is 35.5 Å². The number of aromatic carboxylic acids is 1. The Morgan fingerprint density at radius 2 is 2.06 bits per heavy atom. The van der Waals surface area contributed by atoms with Crippen molar-refractivity contribution in [2.45, 2.75) is 19.8 Å². The highest BCUT2D eigenvalue weighted by molar-refractivity contribution is 6.01. The average molecular weight is 231 g/mol. The lowest BCUT2D eigenvalue weighted by atomic mass is 10.1. The van der Waals surface area contributed by atoms with Gasteiger partial charge in [-0.3, -0.25) is 4.79 Å². The lowest BCUT2D eigenvalue weighted by Gasteiger charge is -1.98. The third kappa shape index (κ3) is 2.20. The summed E-state index contributed by atoms with van der Waals surface area (Å²) in [5.41, 5.74) is 1.51. The number of Topliss-reactive ketones (excluding diaryl/α,β-unsaturated/α-hetero) is 1. The fraction of sp³-hybridized carbons (Fsp3) is 0.231. The molecule has 1 aromatic heterocycles. The van der Waals surface area contributed by atoms with Crippen molar-refractivity contribution >= 4 is 22.7 Å². The summed E-state index contributed by atoms with van der Waals surface area (Å²) in [6, 6.07) is 6.74. The van der Waals surface area contributed by atoms with E-state index in [0.29, 0.717) is 12.0 Å². The van der Waals surface area contributed by atoms with Gasteiger partial charge in [0.05, 0.1) is 0 Å². The van der Waals surface area contributed by atoms with Gasteiger partial charge in [0.2, 0.25) is 0 Å². The van der Waals surface area contributed by atoms with Crippen molar-refractivity contribution in [1.29, 1.82) is 0 Å². The number of H-pyrrole nitrogens is 1. The van der Waals surface area contributed by atoms with Crippen LogP contribution in [0.3, 0.4) is 0 Å². The van der Waals surface area contributed by atoms with Gasteiger partial charge in [0.25, 0.3) is 0 Å². The molecule has 4 heteroatoms. The molecule has 88 valence electrons. The van der Waals surface area contributed by atoms with Gasteiger partial charge in [0.15, 0.2) is 5.78 Å². The number of aromatic nitrogens is 1. The largest absolute Gasteiger partial charge is 0.477 e. The second-order valence-electron chi connectivity index (χ2n) is 3.96. The molecular formula is C13H13NO3. The summed E-state index contributed by atoms with van der Waals surface area (Å²) >= 11 is 0. The Bertz CT molecular complexity index is 583. The Morgan fingerprint density at radius 3 is 2.71 bits per heavy atom. The Kier molecular flexibility index (Phi) is 2.95. The smallest absolute Gasteiger partial charge is 0.352 e. The zero-order valence-corrected chi connectivity index (χ0v) is 9.49. The molecular weight excluding hydrogens is 218 g/mol. The molecule has 0 amide bonds. The van der Waals surface area contributed by atoms with Gasteiger partial charge < -0.3 is 10.1 Å². The maximum absolute atomic E-state index is 11.7. The first-order chi connectivity index (χ1) is 8.11. The number of nitrogens with one attached hydrogen (secondary N) is 1. The van der Waals surface area contributed by atoms with Crippen molar-refractivity contribution < 1.29 is 14.7 Å². The van der Waals surface area contributed by atoms with Crippen molar-refractivity contribution in [3.63, 3.8) is 0 Å². The number of hydrogen-bond donors (Lipinski definition) is 2. The molecule has 2 N–H and O–H groups in total. The molecule has 1 heterocycles. The maximum atomic E-state index is 11.7. The van der Waals surface area contributed by atoms with E-state index in [9.17, 15) is 9.59 Å². The van der Waals surface area contributed by atoms with Crippen LogP contribution in [-0.2, 0) is 0 Å². The number of carbonyl (C=O) groups excluding carboxylic acids is 1. The zero-order chi connectivity index (χ0) is 12.4. The van der Waals surface area contributed by atoms with Gasteiger partial charge in [0.1, 0.15) is 5.69 Å². The van der Waals surface area contributed by atoms with E-state index in [4.69, 9.17) is 5.11 Å². The molecule has 2 rings (SSSR count). The lowest BCUT2D eigenvalue weighted by molar-refractivity contribution is 0.0691. The zero-order valence-electron chi connectivity index (χ0n) is 9.49. The minimum atomic E-state index is -0.998. The highest BCUT2D eigenvalue weighted by Crippen LogP contribution is 2.18. The minimum Gasteiger partial charge on any atom is -0.477 e. The van der Waals surface area contributed by atoms with Crippen LogP contribution in [0.15, 0.2) is 24.3 Å². The Labute approximate surface area is 98.3 Å². The van der Waals surface area contributed by atoms with E-state index in [1.807, 2.05) is 6.92 Å². The van der Waals surface area contributed by atoms with Gasteiger partial charge in [-0.15, -0.1) is 0 Å². The highest BCUT2D eigenvalue weighted by atomic mass is 16.4. The molecule has 4 nitrogen and oxygen atoms in total. The highest BCUT2D eigenvalue weighted by Gasteiger charge is 2.10. The van der Waals surface area contributed by atoms with Crippen molar-refractivity contribution in [2.24, 2.45) is 0 Å². The first kappa shape index (κ1) is 11.4. The first-order valence-corrected chi connectivity index (χ1v) is 5.51. The van der Waals surface area contributed by atoms with Crippen LogP contribution in [0.5, 0.6) is 0 Å². The van der Waals surface area contributed by atoms with Crippen LogP contribution in [0.4, 0.5) is 0 Å². The summed E-state index contributed by atoms with van der Waals surface area (Å²) in [6.45, 7) is 1.95. The summed E-state index contributed by atoms with van der Waals surface area (Å²) in [6.07, 6.45) is 1.33. The molecule has 0 aliphatic carbocycles. The van der Waals surface area contributed by atoms with E-state index in [2.05, 4.69) is 4.98 Å². The van der Waals surface area contributed by atoms with Crippen LogP contribution in [0, 0.1) is 0 Å². The quantitative estimate of drug-likeness (QED) is 0.795. The van der Waals surface area contributed by atoms with Crippen LogP contribution >= 0.6 is 0 Å². The Hall–Kier alpha value is -2.10. The van der Waals surface area contributed by atoms with Crippen molar-refractivity contribution in [1.82, 2.24) is 4.98 Å². The fourth-order valence-corrected chi connectivity index (χ4v) is 1.79. The molecule has 1 aromatic carbocycles. The summed E-state index contributed by atoms with van der Waals surface area (Å²) in [5.74, 6) is -0.907. The molecule has 0 unspecified atom stereocenters. The number of rotatable bonds is 4. The number of carbonyl (C=O) groups is 2. The van der Waals surface area contributed by atoms with Crippen LogP contribution in [0.25, 0.3) is 10.9 Å². The molecule has 2 aromatic rings. The summed E-state index contributed by atoms with van der Waals surface area (Å²) in [7, 11) is 0. The third-order valence-corrected chi connectivity index (χ3v) is 2.65. The second kappa shape index (κ2) is 4.41. The number of aromatic amines is 1. The topological polar surface area (TPSA) is 70.2 Å². The molecule has 0 saturated carbocycles. The van der Waals surface area contributed by atoms with E-state index >= 15 is 0 Å². The van der Waals surface area contributed by atoms with Crippen LogP contribution in [0.2, 0.25) is 0 Å². The van der Waals surface area contributed by atoms with Gasteiger partial charge >= 0.3 is 5.97 Å². The lowest BCUT2D eigenvalue weighted by Crippen LogP contribution is -1.97. The second-order valence-corrected chi connectivity index (χ2v) is 3.96. The van der Waals surface area contributed by atoms with E-state index in [-0.39, 0.29) is 11.5 Å². The number of fused-ring (bicyclic) bond motifs is 1. The fourth-order valence-electron chi connectivity index (χ4n) is 1.79. The van der Waals surface area contributed by atoms with Gasteiger partial charge in [-0.2, -0.15) is 0 Å². The van der Waals surface area contributed by atoms with Crippen LogP contribution < -0.4 is 0 Å². The van der Waals surface area contributed by atoms with E-state index in [1.54, 1.807) is 24.3 Å². The van der Waals surface area contributed by atoms with Gasteiger partial charge in [-0.25, -0.2) is 4.79 Å². The number of carboxylic acids is 1. The van der Waals surface area contributed by atoms with Gasteiger partial charge in [0, 0.05) is 22.9 Å². The molecule has 0 radical (unpaired) electrons. The summed E-state index contributed by atoms with van der Waals surface area (Å²) in [4.78, 5) is 25.3. The maximum Gasteiger partial charge on any atom is 0.352 e. The Morgan fingerprint density at radius 1 is 1.29 bits per heavy atom. The predicted molar refractivity (Wildman–Crippen MR) is 64.5 cm³/mol. The number of hydrogen-bond acceptors (Lipinski definition) is 2. The van der Waals surface area contributed by atoms with E-state index in [1.165, 1.54) is 0 Å². The summed E-state index contributed by atoms with van der Waals surface area (Å²) < 4.78 is 0. The predicted octanol–water partition coefficient (Wildman–Crippen LogP) is 2.85. The third-order valence-electron chi connectivity index (χ3n) is 2.65. The normalized spacial score (nSPS) is 10.6. The number of ketones is 1. The van der Waals surface area contributed by atoms with Crippen LogP contribution in [0.1, 0.15) is 40.6 Å². The van der Waals surface area contributed by atoms with Crippen LogP contribution in [-0.4, -0.2) is 21.8 Å². The molecule has 0 bridgehead atoms. The molecule has 0 saturated heterocycles. The van der Waals surface area contributed by atoms with Gasteiger partial charge in [-0.05, 0) is 30.7 Å².